The number of fused-ring (bicyclic) bond motifs is 6. The number of nitriles is 2. The zero-order chi connectivity index (χ0) is 32.9. The normalized spacial score (nSPS) is 12.9. The summed E-state index contributed by atoms with van der Waals surface area (Å²) in [7, 11) is 0. The van der Waals surface area contributed by atoms with Crippen molar-refractivity contribution in [2.75, 3.05) is 0 Å². The van der Waals surface area contributed by atoms with Crippen LogP contribution in [0.3, 0.4) is 0 Å². The molecule has 1 aliphatic rings. The van der Waals surface area contributed by atoms with Crippen LogP contribution >= 0.6 is 0 Å². The van der Waals surface area contributed by atoms with Crippen LogP contribution in [0, 0.1) is 22.7 Å². The van der Waals surface area contributed by atoms with Gasteiger partial charge in [-0.3, -0.25) is 0 Å². The lowest BCUT2D eigenvalue weighted by molar-refractivity contribution is 1.16. The average molecular weight is 625 g/mol. The Bertz CT molecular complexity index is 2770. The number of hydrogen-bond acceptors (Lipinski definition) is 2. The van der Waals surface area contributed by atoms with E-state index in [4.69, 9.17) is 0 Å². The molecule has 2 heterocycles. The smallest absolute Gasteiger partial charge is 0.0992 e. The number of rotatable bonds is 4. The summed E-state index contributed by atoms with van der Waals surface area (Å²) in [4.78, 5) is 0. The molecule has 2 aromatic heterocycles. The third-order valence-corrected chi connectivity index (χ3v) is 9.63. The van der Waals surface area contributed by atoms with E-state index in [-0.39, 0.29) is 0 Å². The molecular weight excluding hydrogens is 597 g/mol. The van der Waals surface area contributed by atoms with Crippen LogP contribution in [0.4, 0.5) is 0 Å². The fraction of sp³-hybridized carbons (Fsp3) is 0.0222. The van der Waals surface area contributed by atoms with Crippen molar-refractivity contribution in [2.24, 2.45) is 0 Å². The van der Waals surface area contributed by atoms with Gasteiger partial charge in [0.05, 0.1) is 51.0 Å². The van der Waals surface area contributed by atoms with Crippen molar-refractivity contribution in [3.05, 3.63) is 180 Å². The van der Waals surface area contributed by atoms with E-state index in [9.17, 15) is 10.5 Å². The molecule has 0 aliphatic heterocycles. The highest BCUT2D eigenvalue weighted by Crippen LogP contribution is 2.38. The standard InChI is InChI=1S/C45H28N4/c46-28-30-20-24-44(49-42-17-5-2-13-36(42)37-14-3-6-18-43(37)49)40(25-30)33-10-7-9-32(21-22-33)34-11-8-12-35(27-34)48-41-16-4-1-15-38(41)39-23-19-31(29-47)26-45(39)48/h1-9,11-27H,10H2. The average Bonchev–Trinajstić information content (AvgIpc) is 3.54. The van der Waals surface area contributed by atoms with Crippen molar-refractivity contribution >= 4 is 54.8 Å². The molecule has 4 nitrogen and oxygen atoms in total. The second kappa shape index (κ2) is 11.4. The maximum absolute atomic E-state index is 9.92. The summed E-state index contributed by atoms with van der Waals surface area (Å²) in [6.07, 6.45) is 9.52. The Morgan fingerprint density at radius 2 is 1.12 bits per heavy atom. The van der Waals surface area contributed by atoms with Crippen LogP contribution in [-0.4, -0.2) is 9.13 Å². The van der Waals surface area contributed by atoms with Gasteiger partial charge in [0, 0.05) is 32.8 Å². The van der Waals surface area contributed by atoms with Crippen LogP contribution in [0.2, 0.25) is 0 Å². The first-order valence-corrected chi connectivity index (χ1v) is 16.4. The lowest BCUT2D eigenvalue weighted by Crippen LogP contribution is -2.00. The van der Waals surface area contributed by atoms with Crippen molar-refractivity contribution in [1.82, 2.24) is 9.13 Å². The number of hydrogen-bond donors (Lipinski definition) is 0. The molecule has 4 heteroatoms. The number of benzene rings is 6. The Hall–Kier alpha value is -6.88. The minimum atomic E-state index is 0.635. The quantitative estimate of drug-likeness (QED) is 0.196. The van der Waals surface area contributed by atoms with Crippen molar-refractivity contribution < 1.29 is 0 Å². The number of aromatic nitrogens is 2. The molecule has 0 saturated carbocycles. The molecule has 0 fully saturated rings. The zero-order valence-corrected chi connectivity index (χ0v) is 26.5. The van der Waals surface area contributed by atoms with Crippen molar-refractivity contribution in [1.29, 1.82) is 10.5 Å². The molecule has 0 amide bonds. The molecule has 8 aromatic rings. The van der Waals surface area contributed by atoms with Gasteiger partial charge in [0.15, 0.2) is 0 Å². The van der Waals surface area contributed by atoms with Gasteiger partial charge in [-0.1, -0.05) is 97.1 Å². The highest BCUT2D eigenvalue weighted by molar-refractivity contribution is 6.10. The van der Waals surface area contributed by atoms with Gasteiger partial charge >= 0.3 is 0 Å². The SMILES string of the molecule is N#Cc1ccc(-n2c3ccccc3c3ccccc32)c(C2=CC=C(c3cccc(-n4c5ccccc5c5ccc(C#N)cc54)c3)C=CC2)c1. The Morgan fingerprint density at radius 1 is 0.510 bits per heavy atom. The first kappa shape index (κ1) is 28.4. The molecule has 0 N–H and O–H groups in total. The van der Waals surface area contributed by atoms with E-state index in [0.29, 0.717) is 11.1 Å². The lowest BCUT2D eigenvalue weighted by Gasteiger charge is -2.16. The van der Waals surface area contributed by atoms with E-state index in [1.807, 2.05) is 30.3 Å². The van der Waals surface area contributed by atoms with Crippen molar-refractivity contribution in [3.8, 4) is 23.5 Å². The molecule has 0 saturated heterocycles. The summed E-state index contributed by atoms with van der Waals surface area (Å²) >= 11 is 0. The van der Waals surface area contributed by atoms with Crippen LogP contribution in [0.1, 0.15) is 28.7 Å². The molecule has 49 heavy (non-hydrogen) atoms. The Kier molecular flexibility index (Phi) is 6.61. The van der Waals surface area contributed by atoms with Crippen LogP contribution in [-0.2, 0) is 0 Å². The molecule has 1 aliphatic carbocycles. The minimum absolute atomic E-state index is 0.635. The Labute approximate surface area is 283 Å². The molecule has 0 bridgehead atoms. The van der Waals surface area contributed by atoms with Crippen LogP contribution in [0.15, 0.2) is 158 Å². The highest BCUT2D eigenvalue weighted by atomic mass is 15.0. The zero-order valence-electron chi connectivity index (χ0n) is 26.5. The fourth-order valence-electron chi connectivity index (χ4n) is 7.40. The number of nitrogens with zero attached hydrogens (tertiary/aromatic N) is 4. The Morgan fingerprint density at radius 3 is 1.82 bits per heavy atom. The van der Waals surface area contributed by atoms with E-state index in [2.05, 4.69) is 149 Å². The third-order valence-electron chi connectivity index (χ3n) is 9.63. The van der Waals surface area contributed by atoms with Gasteiger partial charge in [0.1, 0.15) is 0 Å². The van der Waals surface area contributed by atoms with E-state index >= 15 is 0 Å². The molecule has 0 spiro atoms. The molecule has 0 atom stereocenters. The largest absolute Gasteiger partial charge is 0.309 e. The summed E-state index contributed by atoms with van der Waals surface area (Å²) in [5.74, 6) is 0. The second-order valence-electron chi connectivity index (χ2n) is 12.4. The minimum Gasteiger partial charge on any atom is -0.309 e. The topological polar surface area (TPSA) is 57.4 Å². The first-order valence-electron chi connectivity index (χ1n) is 16.4. The van der Waals surface area contributed by atoms with Crippen molar-refractivity contribution in [3.63, 3.8) is 0 Å². The molecular formula is C45H28N4. The van der Waals surface area contributed by atoms with E-state index < -0.39 is 0 Å². The van der Waals surface area contributed by atoms with Gasteiger partial charge in [-0.05, 0) is 83.8 Å². The molecule has 9 rings (SSSR count). The Balaban J connectivity index is 1.18. The van der Waals surface area contributed by atoms with E-state index in [0.717, 1.165) is 72.9 Å². The monoisotopic (exact) mass is 624 g/mol. The summed E-state index contributed by atoms with van der Waals surface area (Å²) in [6.45, 7) is 0. The predicted molar refractivity (Wildman–Crippen MR) is 201 cm³/mol. The van der Waals surface area contributed by atoms with Crippen LogP contribution in [0.25, 0.3) is 66.1 Å². The molecule has 0 radical (unpaired) electrons. The third kappa shape index (κ3) is 4.59. The second-order valence-corrected chi connectivity index (χ2v) is 12.4. The predicted octanol–water partition coefficient (Wildman–Crippen LogP) is 11.1. The van der Waals surface area contributed by atoms with Gasteiger partial charge in [-0.15, -0.1) is 0 Å². The van der Waals surface area contributed by atoms with E-state index in [1.54, 1.807) is 0 Å². The highest BCUT2D eigenvalue weighted by Gasteiger charge is 2.18. The van der Waals surface area contributed by atoms with Crippen LogP contribution < -0.4 is 0 Å². The summed E-state index contributed by atoms with van der Waals surface area (Å²) in [5.41, 5.74) is 12.1. The number of para-hydroxylation sites is 3. The molecule has 6 aromatic carbocycles. The fourth-order valence-corrected chi connectivity index (χ4v) is 7.40. The molecule has 0 unspecified atom stereocenters. The lowest BCUT2D eigenvalue weighted by atomic mass is 9.98. The van der Waals surface area contributed by atoms with Gasteiger partial charge in [0.25, 0.3) is 0 Å². The summed E-state index contributed by atoms with van der Waals surface area (Å²) in [6, 6.07) is 50.6. The maximum atomic E-state index is 9.92. The summed E-state index contributed by atoms with van der Waals surface area (Å²) < 4.78 is 4.58. The van der Waals surface area contributed by atoms with Gasteiger partial charge in [0.2, 0.25) is 0 Å². The first-order chi connectivity index (χ1) is 24.2. The maximum Gasteiger partial charge on any atom is 0.0992 e. The van der Waals surface area contributed by atoms with Gasteiger partial charge in [-0.2, -0.15) is 10.5 Å². The van der Waals surface area contributed by atoms with Gasteiger partial charge in [-0.25, -0.2) is 0 Å². The van der Waals surface area contributed by atoms with Crippen LogP contribution in [0.5, 0.6) is 0 Å². The van der Waals surface area contributed by atoms with Gasteiger partial charge < -0.3 is 9.13 Å². The molecule has 228 valence electrons. The number of allylic oxidation sites excluding steroid dienone is 6. The van der Waals surface area contributed by atoms with E-state index in [1.165, 1.54) is 10.8 Å². The van der Waals surface area contributed by atoms with Crippen molar-refractivity contribution in [2.45, 2.75) is 6.42 Å². The summed E-state index contributed by atoms with van der Waals surface area (Å²) in [5, 5.41) is 24.3.